The summed E-state index contributed by atoms with van der Waals surface area (Å²) in [5.41, 5.74) is 4.07. The molecule has 25 heavy (non-hydrogen) atoms. The van der Waals surface area contributed by atoms with Gasteiger partial charge in [0.25, 0.3) is 5.56 Å². The molecule has 2 aromatic rings. The number of aliphatic imine (C=N–C) groups is 1. The van der Waals surface area contributed by atoms with Gasteiger partial charge in [0.2, 0.25) is 0 Å². The van der Waals surface area contributed by atoms with Crippen LogP contribution in [0.15, 0.2) is 40.2 Å². The number of aromatic nitrogens is 1. The number of nitrogens with zero attached hydrogens (tertiary/aromatic N) is 2. The summed E-state index contributed by atoms with van der Waals surface area (Å²) in [4.78, 5) is 32.2. The van der Waals surface area contributed by atoms with E-state index in [0.717, 1.165) is 11.1 Å². The number of fused-ring (bicyclic) bond motifs is 1. The first kappa shape index (κ1) is 16.8. The number of benzene rings is 1. The van der Waals surface area contributed by atoms with E-state index in [4.69, 9.17) is 5.26 Å². The topological polar surface area (TPSA) is 86.1 Å². The van der Waals surface area contributed by atoms with Crippen molar-refractivity contribution < 1.29 is 4.79 Å². The Morgan fingerprint density at radius 2 is 2.12 bits per heavy atom. The second-order valence-electron chi connectivity index (χ2n) is 6.30. The van der Waals surface area contributed by atoms with Crippen molar-refractivity contribution in [3.8, 4) is 6.07 Å². The summed E-state index contributed by atoms with van der Waals surface area (Å²) in [5.74, 6) is -0.890. The quantitative estimate of drug-likeness (QED) is 0.935. The normalized spacial score (nSPS) is 18.9. The predicted molar refractivity (Wildman–Crippen MR) is 96.4 cm³/mol. The Bertz CT molecular complexity index is 979. The number of nitrogens with one attached hydrogen (secondary N) is 1. The summed E-state index contributed by atoms with van der Waals surface area (Å²) in [6.45, 7) is 5.37. The Morgan fingerprint density at radius 1 is 1.36 bits per heavy atom. The lowest BCUT2D eigenvalue weighted by atomic mass is 9.73. The Morgan fingerprint density at radius 3 is 2.76 bits per heavy atom. The van der Waals surface area contributed by atoms with E-state index in [1.54, 1.807) is 18.3 Å². The monoisotopic (exact) mass is 333 g/mol. The lowest BCUT2D eigenvalue weighted by molar-refractivity contribution is -0.119. The van der Waals surface area contributed by atoms with Gasteiger partial charge in [0.1, 0.15) is 5.78 Å². The molecule has 0 amide bonds. The average Bonchev–Trinajstić information content (AvgIpc) is 2.59. The lowest BCUT2D eigenvalue weighted by Crippen LogP contribution is -2.34. The highest BCUT2D eigenvalue weighted by atomic mass is 16.1. The van der Waals surface area contributed by atoms with Gasteiger partial charge >= 0.3 is 0 Å². The molecule has 2 atom stereocenters. The minimum atomic E-state index is -0.478. The Hall–Kier alpha value is -3.00. The zero-order valence-corrected chi connectivity index (χ0v) is 14.5. The lowest BCUT2D eigenvalue weighted by Gasteiger charge is -2.31. The van der Waals surface area contributed by atoms with Crippen LogP contribution in [0.5, 0.6) is 0 Å². The standard InChI is InChI=1S/C20H19N3O2/c1-4-14-9-13(10-21)5-6-15(14)18-17(12(3)24)11(2)23-16-7-8-22-20(25)19(16)18/h5-9,17-18H,4H2,1-3H3,(H,22,25). The van der Waals surface area contributed by atoms with E-state index in [1.807, 2.05) is 26.0 Å². The van der Waals surface area contributed by atoms with E-state index >= 15 is 0 Å². The molecule has 1 N–H and O–H groups in total. The number of hydrogen-bond acceptors (Lipinski definition) is 4. The van der Waals surface area contributed by atoms with Crippen molar-refractivity contribution in [1.29, 1.82) is 5.26 Å². The zero-order valence-electron chi connectivity index (χ0n) is 14.5. The van der Waals surface area contributed by atoms with Gasteiger partial charge in [-0.15, -0.1) is 0 Å². The fourth-order valence-electron chi connectivity index (χ4n) is 3.69. The molecule has 2 heterocycles. The first-order valence-electron chi connectivity index (χ1n) is 8.28. The van der Waals surface area contributed by atoms with Crippen molar-refractivity contribution >= 4 is 17.2 Å². The molecule has 1 aromatic heterocycles. The minimum Gasteiger partial charge on any atom is -0.329 e. The maximum atomic E-state index is 12.6. The Labute approximate surface area is 146 Å². The predicted octanol–water partition coefficient (Wildman–Crippen LogP) is 3.25. The molecule has 0 saturated heterocycles. The molecule has 2 unspecified atom stereocenters. The Kier molecular flexibility index (Phi) is 4.37. The van der Waals surface area contributed by atoms with Crippen molar-refractivity contribution in [2.45, 2.75) is 33.1 Å². The molecule has 0 fully saturated rings. The third-order valence-corrected chi connectivity index (χ3v) is 4.79. The van der Waals surface area contributed by atoms with Crippen LogP contribution in [-0.2, 0) is 11.2 Å². The molecule has 1 aliphatic rings. The van der Waals surface area contributed by atoms with Gasteiger partial charge in [0, 0.05) is 17.8 Å². The van der Waals surface area contributed by atoms with Gasteiger partial charge in [-0.3, -0.25) is 14.6 Å². The molecule has 0 spiro atoms. The number of Topliss-reactive ketones (excluding diaryl/α,β-unsaturated/α-hetero) is 1. The number of rotatable bonds is 3. The number of H-pyrrole nitrogens is 1. The highest BCUT2D eigenvalue weighted by molar-refractivity contribution is 6.06. The molecule has 126 valence electrons. The Balaban J connectivity index is 2.33. The average molecular weight is 333 g/mol. The van der Waals surface area contributed by atoms with Crippen molar-refractivity contribution in [1.82, 2.24) is 4.98 Å². The van der Waals surface area contributed by atoms with Gasteiger partial charge in [0.15, 0.2) is 0 Å². The van der Waals surface area contributed by atoms with Crippen LogP contribution in [-0.4, -0.2) is 16.5 Å². The van der Waals surface area contributed by atoms with Gasteiger partial charge in [-0.2, -0.15) is 5.26 Å². The number of carbonyl (C=O) groups is 1. The van der Waals surface area contributed by atoms with E-state index in [9.17, 15) is 9.59 Å². The number of carbonyl (C=O) groups excluding carboxylic acids is 1. The smallest absolute Gasteiger partial charge is 0.253 e. The van der Waals surface area contributed by atoms with Crippen molar-refractivity contribution in [2.24, 2.45) is 10.9 Å². The molecule has 1 aliphatic heterocycles. The molecule has 1 aromatic carbocycles. The number of pyridine rings is 1. The van der Waals surface area contributed by atoms with Gasteiger partial charge in [-0.05, 0) is 49.6 Å². The van der Waals surface area contributed by atoms with Crippen LogP contribution in [0.1, 0.15) is 48.9 Å². The van der Waals surface area contributed by atoms with Crippen LogP contribution in [0.3, 0.4) is 0 Å². The molecule has 0 radical (unpaired) electrons. The molecule has 0 bridgehead atoms. The van der Waals surface area contributed by atoms with E-state index in [-0.39, 0.29) is 11.3 Å². The largest absolute Gasteiger partial charge is 0.329 e. The van der Waals surface area contributed by atoms with Crippen LogP contribution in [0.4, 0.5) is 5.69 Å². The molecule has 5 nitrogen and oxygen atoms in total. The maximum Gasteiger partial charge on any atom is 0.253 e. The van der Waals surface area contributed by atoms with Crippen LogP contribution >= 0.6 is 0 Å². The second-order valence-corrected chi connectivity index (χ2v) is 6.30. The SMILES string of the molecule is CCc1cc(C#N)ccc1C1c2c(cc[nH]c2=O)N=C(C)C1C(C)=O. The molecule has 0 saturated carbocycles. The first-order chi connectivity index (χ1) is 12.0. The van der Waals surface area contributed by atoms with E-state index in [1.165, 1.54) is 6.92 Å². The van der Waals surface area contributed by atoms with Crippen molar-refractivity contribution in [3.05, 3.63) is 63.1 Å². The summed E-state index contributed by atoms with van der Waals surface area (Å²) >= 11 is 0. The summed E-state index contributed by atoms with van der Waals surface area (Å²) in [6.07, 6.45) is 2.28. The first-order valence-corrected chi connectivity index (χ1v) is 8.28. The van der Waals surface area contributed by atoms with Gasteiger partial charge in [-0.1, -0.05) is 13.0 Å². The van der Waals surface area contributed by atoms with Crippen molar-refractivity contribution in [3.63, 3.8) is 0 Å². The fraction of sp³-hybridized carbons (Fsp3) is 0.300. The molecule has 3 rings (SSSR count). The number of hydrogen-bond donors (Lipinski definition) is 1. The third-order valence-electron chi connectivity index (χ3n) is 4.79. The number of aromatic amines is 1. The summed E-state index contributed by atoms with van der Waals surface area (Å²) < 4.78 is 0. The second kappa shape index (κ2) is 6.48. The number of aryl methyl sites for hydroxylation is 1. The molecular weight excluding hydrogens is 314 g/mol. The van der Waals surface area contributed by atoms with Gasteiger partial charge in [-0.25, -0.2) is 0 Å². The minimum absolute atomic E-state index is 0.0217. The number of ketones is 1. The highest BCUT2D eigenvalue weighted by Gasteiger charge is 2.38. The van der Waals surface area contributed by atoms with Crippen LogP contribution < -0.4 is 5.56 Å². The van der Waals surface area contributed by atoms with Gasteiger partial charge < -0.3 is 4.98 Å². The zero-order chi connectivity index (χ0) is 18.1. The van der Waals surface area contributed by atoms with E-state index in [2.05, 4.69) is 16.0 Å². The maximum absolute atomic E-state index is 12.6. The van der Waals surface area contributed by atoms with Crippen LogP contribution in [0, 0.1) is 17.2 Å². The summed E-state index contributed by atoms with van der Waals surface area (Å²) in [7, 11) is 0. The number of nitriles is 1. The van der Waals surface area contributed by atoms with E-state index in [0.29, 0.717) is 28.9 Å². The molecule has 0 aliphatic carbocycles. The third kappa shape index (κ3) is 2.80. The van der Waals surface area contributed by atoms with Crippen molar-refractivity contribution in [2.75, 3.05) is 0 Å². The van der Waals surface area contributed by atoms with Crippen LogP contribution in [0.2, 0.25) is 0 Å². The van der Waals surface area contributed by atoms with Gasteiger partial charge in [0.05, 0.1) is 28.8 Å². The fourth-order valence-corrected chi connectivity index (χ4v) is 3.69. The highest BCUT2D eigenvalue weighted by Crippen LogP contribution is 2.42. The molecule has 5 heteroatoms. The van der Waals surface area contributed by atoms with Crippen LogP contribution in [0.25, 0.3) is 0 Å². The van der Waals surface area contributed by atoms with E-state index < -0.39 is 11.8 Å². The summed E-state index contributed by atoms with van der Waals surface area (Å²) in [5, 5.41) is 9.16. The summed E-state index contributed by atoms with van der Waals surface area (Å²) in [6, 6.07) is 9.35. The molecular formula is C20H19N3O2.